The number of aromatic nitrogens is 1. The molecule has 0 radical (unpaired) electrons. The summed E-state index contributed by atoms with van der Waals surface area (Å²) >= 11 is 3.45. The Morgan fingerprint density at radius 2 is 2.13 bits per heavy atom. The highest BCUT2D eigenvalue weighted by Crippen LogP contribution is 2.11. The second-order valence-corrected chi connectivity index (χ2v) is 4.65. The van der Waals surface area contributed by atoms with Crippen LogP contribution in [0.5, 0.6) is 0 Å². The van der Waals surface area contributed by atoms with Crippen LogP contribution in [0.4, 0.5) is 0 Å². The quantitative estimate of drug-likeness (QED) is 0.787. The summed E-state index contributed by atoms with van der Waals surface area (Å²) < 4.78 is 1.06. The molecule has 0 aliphatic carbocycles. The fourth-order valence-corrected chi connectivity index (χ4v) is 1.94. The van der Waals surface area contributed by atoms with Crippen molar-refractivity contribution in [2.75, 3.05) is 13.1 Å². The van der Waals surface area contributed by atoms with Gasteiger partial charge in [-0.15, -0.1) is 0 Å². The Morgan fingerprint density at radius 3 is 2.73 bits per heavy atom. The molecule has 0 aliphatic heterocycles. The van der Waals surface area contributed by atoms with Gasteiger partial charge in [-0.3, -0.25) is 9.88 Å². The largest absolute Gasteiger partial charge is 0.299 e. The van der Waals surface area contributed by atoms with Gasteiger partial charge in [-0.25, -0.2) is 0 Å². The van der Waals surface area contributed by atoms with Gasteiger partial charge in [0, 0.05) is 23.4 Å². The molecule has 0 spiro atoms. The van der Waals surface area contributed by atoms with Gasteiger partial charge >= 0.3 is 0 Å². The Balaban J connectivity index is 2.50. The predicted molar refractivity (Wildman–Crippen MR) is 67.8 cm³/mol. The van der Waals surface area contributed by atoms with E-state index in [0.29, 0.717) is 0 Å². The second kappa shape index (κ2) is 6.96. The standard InChI is InChI=1S/C12H19BrN2/c1-3-5-6-15(4-2)10-11-7-12(13)9-14-8-11/h7-9H,3-6,10H2,1-2H3. The van der Waals surface area contributed by atoms with Gasteiger partial charge in [0.1, 0.15) is 0 Å². The minimum Gasteiger partial charge on any atom is -0.299 e. The van der Waals surface area contributed by atoms with E-state index in [1.807, 2.05) is 12.4 Å². The Hall–Kier alpha value is -0.410. The SMILES string of the molecule is CCCCN(CC)Cc1cncc(Br)c1. The Kier molecular flexibility index (Phi) is 5.88. The van der Waals surface area contributed by atoms with Crippen molar-refractivity contribution < 1.29 is 0 Å². The molecule has 0 aromatic carbocycles. The van der Waals surface area contributed by atoms with Crippen molar-refractivity contribution in [1.29, 1.82) is 0 Å². The Bertz CT molecular complexity index is 289. The first kappa shape index (κ1) is 12.7. The minimum absolute atomic E-state index is 1.00. The fourth-order valence-electron chi connectivity index (χ4n) is 1.53. The highest BCUT2D eigenvalue weighted by Gasteiger charge is 2.03. The molecular formula is C12H19BrN2. The molecule has 0 fully saturated rings. The molecule has 1 aromatic heterocycles. The summed E-state index contributed by atoms with van der Waals surface area (Å²) in [7, 11) is 0. The predicted octanol–water partition coefficient (Wildman–Crippen LogP) is 3.47. The summed E-state index contributed by atoms with van der Waals surface area (Å²) in [5, 5.41) is 0. The summed E-state index contributed by atoms with van der Waals surface area (Å²) in [4.78, 5) is 6.63. The number of hydrogen-bond acceptors (Lipinski definition) is 2. The van der Waals surface area contributed by atoms with Crippen LogP contribution >= 0.6 is 15.9 Å². The van der Waals surface area contributed by atoms with Crippen LogP contribution in [-0.4, -0.2) is 23.0 Å². The third-order valence-electron chi connectivity index (χ3n) is 2.44. The lowest BCUT2D eigenvalue weighted by Gasteiger charge is -2.19. The van der Waals surface area contributed by atoms with Gasteiger partial charge in [0.05, 0.1) is 0 Å². The molecule has 0 atom stereocenters. The van der Waals surface area contributed by atoms with E-state index in [-0.39, 0.29) is 0 Å². The van der Waals surface area contributed by atoms with Crippen molar-refractivity contribution in [1.82, 2.24) is 9.88 Å². The van der Waals surface area contributed by atoms with Gasteiger partial charge in [-0.05, 0) is 47.1 Å². The highest BCUT2D eigenvalue weighted by atomic mass is 79.9. The van der Waals surface area contributed by atoms with Crippen LogP contribution in [0.25, 0.3) is 0 Å². The van der Waals surface area contributed by atoms with Gasteiger partial charge in [0.15, 0.2) is 0 Å². The van der Waals surface area contributed by atoms with E-state index in [4.69, 9.17) is 0 Å². The summed E-state index contributed by atoms with van der Waals surface area (Å²) in [6, 6.07) is 2.14. The van der Waals surface area contributed by atoms with E-state index in [9.17, 15) is 0 Å². The Morgan fingerprint density at radius 1 is 1.33 bits per heavy atom. The van der Waals surface area contributed by atoms with Crippen LogP contribution in [0, 0.1) is 0 Å². The molecule has 0 saturated carbocycles. The van der Waals surface area contributed by atoms with E-state index in [1.165, 1.54) is 24.9 Å². The van der Waals surface area contributed by atoms with Crippen molar-refractivity contribution >= 4 is 15.9 Å². The van der Waals surface area contributed by atoms with Crippen molar-refractivity contribution in [3.63, 3.8) is 0 Å². The zero-order valence-electron chi connectivity index (χ0n) is 9.54. The summed E-state index contributed by atoms with van der Waals surface area (Å²) in [6.07, 6.45) is 6.30. The Labute approximate surface area is 101 Å². The lowest BCUT2D eigenvalue weighted by molar-refractivity contribution is 0.275. The maximum Gasteiger partial charge on any atom is 0.0410 e. The van der Waals surface area contributed by atoms with E-state index in [2.05, 4.69) is 45.7 Å². The molecule has 2 nitrogen and oxygen atoms in total. The molecule has 15 heavy (non-hydrogen) atoms. The molecule has 0 unspecified atom stereocenters. The number of hydrogen-bond donors (Lipinski definition) is 0. The number of nitrogens with zero attached hydrogens (tertiary/aromatic N) is 2. The van der Waals surface area contributed by atoms with Gasteiger partial charge in [-0.2, -0.15) is 0 Å². The maximum absolute atomic E-state index is 4.18. The number of unbranched alkanes of at least 4 members (excludes halogenated alkanes) is 1. The molecule has 1 aromatic rings. The van der Waals surface area contributed by atoms with Gasteiger partial charge in [0.25, 0.3) is 0 Å². The van der Waals surface area contributed by atoms with Crippen LogP contribution in [0.2, 0.25) is 0 Å². The van der Waals surface area contributed by atoms with Crippen LogP contribution < -0.4 is 0 Å². The number of rotatable bonds is 6. The van der Waals surface area contributed by atoms with Gasteiger partial charge < -0.3 is 0 Å². The molecule has 0 aliphatic rings. The lowest BCUT2D eigenvalue weighted by atomic mass is 10.2. The zero-order valence-corrected chi connectivity index (χ0v) is 11.1. The molecule has 84 valence electrons. The first-order valence-electron chi connectivity index (χ1n) is 5.58. The average molecular weight is 271 g/mol. The summed E-state index contributed by atoms with van der Waals surface area (Å²) in [5.41, 5.74) is 1.28. The topological polar surface area (TPSA) is 16.1 Å². The summed E-state index contributed by atoms with van der Waals surface area (Å²) in [5.74, 6) is 0. The van der Waals surface area contributed by atoms with Crippen LogP contribution in [-0.2, 0) is 6.54 Å². The molecular weight excluding hydrogens is 252 g/mol. The maximum atomic E-state index is 4.18. The van der Waals surface area contributed by atoms with E-state index in [1.54, 1.807) is 0 Å². The molecule has 1 heterocycles. The molecule has 0 N–H and O–H groups in total. The third-order valence-corrected chi connectivity index (χ3v) is 2.88. The average Bonchev–Trinajstić information content (AvgIpc) is 2.24. The normalized spacial score (nSPS) is 10.9. The van der Waals surface area contributed by atoms with Gasteiger partial charge in [0.2, 0.25) is 0 Å². The minimum atomic E-state index is 1.00. The molecule has 0 saturated heterocycles. The molecule has 0 bridgehead atoms. The van der Waals surface area contributed by atoms with Crippen LogP contribution in [0.1, 0.15) is 32.3 Å². The van der Waals surface area contributed by atoms with Crippen LogP contribution in [0.3, 0.4) is 0 Å². The fraction of sp³-hybridized carbons (Fsp3) is 0.583. The van der Waals surface area contributed by atoms with Crippen molar-refractivity contribution in [2.24, 2.45) is 0 Å². The summed E-state index contributed by atoms with van der Waals surface area (Å²) in [6.45, 7) is 7.73. The molecule has 1 rings (SSSR count). The number of halogens is 1. The smallest absolute Gasteiger partial charge is 0.0410 e. The molecule has 0 amide bonds. The van der Waals surface area contributed by atoms with Crippen molar-refractivity contribution in [3.8, 4) is 0 Å². The first-order valence-corrected chi connectivity index (χ1v) is 6.37. The van der Waals surface area contributed by atoms with E-state index in [0.717, 1.165) is 17.6 Å². The van der Waals surface area contributed by atoms with E-state index >= 15 is 0 Å². The third kappa shape index (κ3) is 4.76. The highest BCUT2D eigenvalue weighted by molar-refractivity contribution is 9.10. The number of pyridine rings is 1. The monoisotopic (exact) mass is 270 g/mol. The van der Waals surface area contributed by atoms with Crippen molar-refractivity contribution in [3.05, 3.63) is 28.5 Å². The second-order valence-electron chi connectivity index (χ2n) is 3.73. The van der Waals surface area contributed by atoms with Crippen molar-refractivity contribution in [2.45, 2.75) is 33.2 Å². The van der Waals surface area contributed by atoms with E-state index < -0.39 is 0 Å². The molecule has 3 heteroatoms. The van der Waals surface area contributed by atoms with Gasteiger partial charge in [-0.1, -0.05) is 20.3 Å². The lowest BCUT2D eigenvalue weighted by Crippen LogP contribution is -2.23. The first-order chi connectivity index (χ1) is 7.26. The van der Waals surface area contributed by atoms with Crippen LogP contribution in [0.15, 0.2) is 22.9 Å². The zero-order chi connectivity index (χ0) is 11.1.